The van der Waals surface area contributed by atoms with Crippen LogP contribution < -0.4 is 11.1 Å². The van der Waals surface area contributed by atoms with Gasteiger partial charge in [0.25, 0.3) is 5.76 Å². The summed E-state index contributed by atoms with van der Waals surface area (Å²) < 4.78 is 37.1. The Balaban J connectivity index is 1.70. The Kier molecular flexibility index (Phi) is 5.66. The zero-order chi connectivity index (χ0) is 20.0. The molecule has 1 saturated heterocycles. The average molecular weight is 405 g/mol. The van der Waals surface area contributed by atoms with E-state index in [4.69, 9.17) is 20.2 Å². The summed E-state index contributed by atoms with van der Waals surface area (Å²) in [4.78, 5) is 12.0. The SMILES string of the molecule is CC1(C)[C@@H]2C[C@H]1C1OB([C@@H](CC(N)=NO)NC(=O)CSC(F)F)O[C@@]1(C)C2. The molecular weight excluding hydrogens is 379 g/mol. The van der Waals surface area contributed by atoms with Crippen LogP contribution in [0.25, 0.3) is 0 Å². The second-order valence-corrected chi connectivity index (χ2v) is 9.44. The molecule has 0 aromatic heterocycles. The number of nitrogens with zero attached hydrogens (tertiary/aromatic N) is 1. The van der Waals surface area contributed by atoms with E-state index in [2.05, 4.69) is 24.3 Å². The summed E-state index contributed by atoms with van der Waals surface area (Å²) in [6.07, 6.45) is 1.84. The van der Waals surface area contributed by atoms with E-state index in [-0.39, 0.29) is 35.5 Å². The van der Waals surface area contributed by atoms with Crippen molar-refractivity contribution in [2.45, 2.75) is 63.4 Å². The van der Waals surface area contributed by atoms with Crippen LogP contribution >= 0.6 is 11.8 Å². The Labute approximate surface area is 161 Å². The number of oxime groups is 1. The molecule has 4 N–H and O–H groups in total. The van der Waals surface area contributed by atoms with E-state index in [0.29, 0.717) is 11.8 Å². The van der Waals surface area contributed by atoms with Gasteiger partial charge in [-0.2, -0.15) is 8.78 Å². The highest BCUT2D eigenvalue weighted by Crippen LogP contribution is 2.64. The van der Waals surface area contributed by atoms with E-state index in [9.17, 15) is 13.6 Å². The monoisotopic (exact) mass is 405 g/mol. The van der Waals surface area contributed by atoms with Crippen molar-refractivity contribution in [1.82, 2.24) is 5.32 Å². The first kappa shape index (κ1) is 20.7. The number of amidine groups is 1. The van der Waals surface area contributed by atoms with Gasteiger partial charge < -0.3 is 25.6 Å². The molecule has 5 atom stereocenters. The molecule has 4 fully saturated rings. The topological polar surface area (TPSA) is 106 Å². The Morgan fingerprint density at radius 2 is 2.19 bits per heavy atom. The summed E-state index contributed by atoms with van der Waals surface area (Å²) in [5, 5.41) is 14.5. The molecule has 0 radical (unpaired) electrons. The second-order valence-electron chi connectivity index (χ2n) is 8.46. The molecular formula is C16H26BF2N3O4S. The molecule has 11 heteroatoms. The average Bonchev–Trinajstić information content (AvgIpc) is 2.96. The van der Waals surface area contributed by atoms with Crippen LogP contribution in [0.5, 0.6) is 0 Å². The molecule has 0 aromatic carbocycles. The van der Waals surface area contributed by atoms with E-state index in [1.165, 1.54) is 0 Å². The minimum atomic E-state index is -2.63. The zero-order valence-electron chi connectivity index (χ0n) is 15.7. The van der Waals surface area contributed by atoms with E-state index in [1.807, 2.05) is 6.92 Å². The number of nitrogens with one attached hydrogen (secondary N) is 1. The van der Waals surface area contributed by atoms with Gasteiger partial charge >= 0.3 is 7.12 Å². The van der Waals surface area contributed by atoms with Crippen LogP contribution in [0, 0.1) is 17.3 Å². The van der Waals surface area contributed by atoms with Crippen LogP contribution in [-0.4, -0.2) is 53.2 Å². The largest absolute Gasteiger partial charge is 0.482 e. The fraction of sp³-hybridized carbons (Fsp3) is 0.875. The maximum absolute atomic E-state index is 12.3. The molecule has 0 aromatic rings. The molecule has 3 saturated carbocycles. The summed E-state index contributed by atoms with van der Waals surface area (Å²) in [5.41, 5.74) is 5.33. The van der Waals surface area contributed by atoms with Crippen LogP contribution in [0.3, 0.4) is 0 Å². The summed E-state index contributed by atoms with van der Waals surface area (Å²) in [6.45, 7) is 6.49. The van der Waals surface area contributed by atoms with Crippen molar-refractivity contribution in [3.63, 3.8) is 0 Å². The van der Waals surface area contributed by atoms with Crippen LogP contribution in [-0.2, 0) is 14.1 Å². The Morgan fingerprint density at radius 1 is 1.48 bits per heavy atom. The normalized spacial score (nSPS) is 35.6. The molecule has 1 unspecified atom stereocenters. The lowest BCUT2D eigenvalue weighted by atomic mass is 9.45. The third-order valence-corrected chi connectivity index (χ3v) is 7.09. The number of rotatable bonds is 7. The lowest BCUT2D eigenvalue weighted by Gasteiger charge is -2.63. The number of alkyl halides is 2. The number of carbonyl (C=O) groups excluding carboxylic acids is 1. The molecule has 3 aliphatic carbocycles. The van der Waals surface area contributed by atoms with E-state index >= 15 is 0 Å². The summed E-state index contributed by atoms with van der Waals surface area (Å²) in [5.74, 6) is -3.50. The highest BCUT2D eigenvalue weighted by molar-refractivity contribution is 8.00. The number of nitrogens with two attached hydrogens (primary N) is 1. The van der Waals surface area contributed by atoms with Crippen LogP contribution in [0.4, 0.5) is 8.78 Å². The first-order chi connectivity index (χ1) is 12.6. The maximum atomic E-state index is 12.3. The molecule has 0 spiro atoms. The van der Waals surface area contributed by atoms with Crippen LogP contribution in [0.15, 0.2) is 5.16 Å². The Bertz CT molecular complexity index is 626. The quantitative estimate of drug-likeness (QED) is 0.196. The highest BCUT2D eigenvalue weighted by Gasteiger charge is 2.67. The number of carbonyl (C=O) groups is 1. The number of thioether (sulfide) groups is 1. The van der Waals surface area contributed by atoms with Crippen molar-refractivity contribution in [2.75, 3.05) is 5.75 Å². The molecule has 1 aliphatic heterocycles. The van der Waals surface area contributed by atoms with E-state index in [1.54, 1.807) is 0 Å². The van der Waals surface area contributed by atoms with Crippen LogP contribution in [0.1, 0.15) is 40.0 Å². The Hall–Kier alpha value is -1.07. The lowest BCUT2D eigenvalue weighted by molar-refractivity contribution is -0.185. The molecule has 1 amide bonds. The third kappa shape index (κ3) is 3.91. The molecule has 4 aliphatic rings. The van der Waals surface area contributed by atoms with Gasteiger partial charge in [0.2, 0.25) is 5.91 Å². The van der Waals surface area contributed by atoms with Crippen molar-refractivity contribution in [3.05, 3.63) is 0 Å². The standard InChI is InChI=1S/C16H26BF2N3O4S/c1-15(2)8-4-9(15)13-16(3,6-8)26-17(25-13)10(5-11(20)22-24)21-12(23)7-27-14(18)19/h8-10,13-14,24H,4-7H2,1-3H3,(H2,20,22)(H,21,23)/t8-,9+,10-,13?,16+/m1/s1. The minimum absolute atomic E-state index is 0.00740. The van der Waals surface area contributed by atoms with E-state index in [0.717, 1.165) is 12.8 Å². The van der Waals surface area contributed by atoms with Gasteiger partial charge in [0.05, 0.1) is 23.4 Å². The maximum Gasteiger partial charge on any atom is 0.482 e. The zero-order valence-corrected chi connectivity index (χ0v) is 16.5. The fourth-order valence-corrected chi connectivity index (χ4v) is 5.15. The third-order valence-electron chi connectivity index (χ3n) is 6.40. The number of halogens is 2. The number of hydrogen-bond donors (Lipinski definition) is 3. The smallest absolute Gasteiger partial charge is 0.409 e. The lowest BCUT2D eigenvalue weighted by Crippen LogP contribution is -2.63. The van der Waals surface area contributed by atoms with Gasteiger partial charge in [-0.05, 0) is 37.0 Å². The molecule has 4 rings (SSSR count). The van der Waals surface area contributed by atoms with Crippen molar-refractivity contribution in [1.29, 1.82) is 0 Å². The number of hydrogen-bond acceptors (Lipinski definition) is 6. The Morgan fingerprint density at radius 3 is 2.78 bits per heavy atom. The summed E-state index contributed by atoms with van der Waals surface area (Å²) >= 11 is 0.237. The minimum Gasteiger partial charge on any atom is -0.409 e. The molecule has 152 valence electrons. The van der Waals surface area contributed by atoms with Crippen molar-refractivity contribution < 1.29 is 28.1 Å². The second kappa shape index (κ2) is 7.40. The van der Waals surface area contributed by atoms with Gasteiger partial charge in [-0.1, -0.05) is 30.8 Å². The predicted molar refractivity (Wildman–Crippen MR) is 98.5 cm³/mol. The van der Waals surface area contributed by atoms with Gasteiger partial charge in [0, 0.05) is 6.42 Å². The highest BCUT2D eigenvalue weighted by atomic mass is 32.2. The van der Waals surface area contributed by atoms with Crippen molar-refractivity contribution in [3.8, 4) is 0 Å². The van der Waals surface area contributed by atoms with Gasteiger partial charge in [-0.25, -0.2) is 0 Å². The van der Waals surface area contributed by atoms with E-state index < -0.39 is 36.1 Å². The van der Waals surface area contributed by atoms with Gasteiger partial charge in [0.15, 0.2) is 0 Å². The molecule has 27 heavy (non-hydrogen) atoms. The van der Waals surface area contributed by atoms with Gasteiger partial charge in [-0.15, -0.1) is 0 Å². The molecule has 7 nitrogen and oxygen atoms in total. The van der Waals surface area contributed by atoms with Crippen molar-refractivity contribution in [2.24, 2.45) is 28.1 Å². The summed E-state index contributed by atoms with van der Waals surface area (Å²) in [6, 6.07) is 0. The fourth-order valence-electron chi connectivity index (χ4n) is 4.78. The van der Waals surface area contributed by atoms with Crippen molar-refractivity contribution >= 4 is 30.6 Å². The summed E-state index contributed by atoms with van der Waals surface area (Å²) in [7, 11) is -0.782. The predicted octanol–water partition coefficient (Wildman–Crippen LogP) is 1.83. The van der Waals surface area contributed by atoms with Gasteiger partial charge in [-0.3, -0.25) is 4.79 Å². The number of amides is 1. The first-order valence-corrected chi connectivity index (χ1v) is 10.1. The first-order valence-electron chi connectivity index (χ1n) is 9.05. The molecule has 2 bridgehead atoms. The molecule has 1 heterocycles. The van der Waals surface area contributed by atoms with Gasteiger partial charge in [0.1, 0.15) is 5.84 Å². The van der Waals surface area contributed by atoms with Crippen LogP contribution in [0.2, 0.25) is 0 Å².